The first-order chi connectivity index (χ1) is 12.6. The number of esters is 1. The molecule has 1 atom stereocenters. The molecule has 0 bridgehead atoms. The maximum Gasteiger partial charge on any atom is 0.337 e. The predicted octanol–water partition coefficient (Wildman–Crippen LogP) is 3.37. The van der Waals surface area contributed by atoms with Gasteiger partial charge in [-0.15, -0.1) is 0 Å². The van der Waals surface area contributed by atoms with E-state index in [9.17, 15) is 9.59 Å². The van der Waals surface area contributed by atoms with Crippen molar-refractivity contribution in [1.29, 1.82) is 0 Å². The van der Waals surface area contributed by atoms with Crippen molar-refractivity contribution in [3.8, 4) is 0 Å². The Morgan fingerprint density at radius 1 is 1.31 bits per heavy atom. The van der Waals surface area contributed by atoms with Crippen LogP contribution in [0.5, 0.6) is 0 Å². The number of nitrogens with zero attached hydrogens (tertiary/aromatic N) is 3. The van der Waals surface area contributed by atoms with Crippen LogP contribution < -0.4 is 0 Å². The van der Waals surface area contributed by atoms with Crippen LogP contribution in [0.3, 0.4) is 0 Å². The summed E-state index contributed by atoms with van der Waals surface area (Å²) in [6.45, 7) is 5.48. The van der Waals surface area contributed by atoms with Gasteiger partial charge in [-0.05, 0) is 50.8 Å². The molecule has 6 nitrogen and oxygen atoms in total. The van der Waals surface area contributed by atoms with E-state index >= 15 is 0 Å². The van der Waals surface area contributed by atoms with Gasteiger partial charge in [-0.1, -0.05) is 6.07 Å². The maximum atomic E-state index is 13.3. The monoisotopic (exact) mass is 355 g/mol. The second-order valence-corrected chi connectivity index (χ2v) is 6.60. The molecule has 1 saturated heterocycles. The average molecular weight is 355 g/mol. The fourth-order valence-electron chi connectivity index (χ4n) is 3.58. The molecule has 6 heteroatoms. The van der Waals surface area contributed by atoms with Crippen molar-refractivity contribution in [2.24, 2.45) is 0 Å². The first-order valence-electron chi connectivity index (χ1n) is 9.07. The molecule has 0 radical (unpaired) electrons. The largest absolute Gasteiger partial charge is 0.465 e. The van der Waals surface area contributed by atoms with Gasteiger partial charge < -0.3 is 14.2 Å². The van der Waals surface area contributed by atoms with Gasteiger partial charge in [0.15, 0.2) is 0 Å². The molecule has 1 aliphatic heterocycles. The van der Waals surface area contributed by atoms with Crippen LogP contribution in [0, 0.1) is 6.92 Å². The molecule has 1 fully saturated rings. The minimum absolute atomic E-state index is 0.0348. The third-order valence-electron chi connectivity index (χ3n) is 5.04. The van der Waals surface area contributed by atoms with Crippen molar-refractivity contribution in [3.05, 3.63) is 53.1 Å². The first-order valence-corrected chi connectivity index (χ1v) is 9.07. The second-order valence-electron chi connectivity index (χ2n) is 6.60. The number of benzene rings is 1. The minimum Gasteiger partial charge on any atom is -0.465 e. The smallest absolute Gasteiger partial charge is 0.337 e. The van der Waals surface area contributed by atoms with Crippen LogP contribution in [0.1, 0.15) is 64.3 Å². The fourth-order valence-corrected chi connectivity index (χ4v) is 3.58. The number of rotatable bonds is 4. The van der Waals surface area contributed by atoms with E-state index in [2.05, 4.69) is 16.5 Å². The number of aromatic nitrogens is 2. The fraction of sp³-hybridized carbons (Fsp3) is 0.450. The Bertz CT molecular complexity index is 812. The number of carbonyl (C=O) groups is 2. The Morgan fingerprint density at radius 2 is 2.12 bits per heavy atom. The molecule has 1 aromatic heterocycles. The molecule has 0 N–H and O–H groups in total. The molecule has 1 aliphatic rings. The molecule has 138 valence electrons. The highest BCUT2D eigenvalue weighted by Crippen LogP contribution is 2.32. The Labute approximate surface area is 153 Å². The summed E-state index contributed by atoms with van der Waals surface area (Å²) in [7, 11) is 1.34. The van der Waals surface area contributed by atoms with E-state index < -0.39 is 5.97 Å². The summed E-state index contributed by atoms with van der Waals surface area (Å²) in [6.07, 6.45) is 6.70. The topological polar surface area (TPSA) is 64.4 Å². The summed E-state index contributed by atoms with van der Waals surface area (Å²) < 4.78 is 6.88. The zero-order valence-corrected chi connectivity index (χ0v) is 15.6. The highest BCUT2D eigenvalue weighted by molar-refractivity contribution is 5.99. The molecule has 26 heavy (non-hydrogen) atoms. The number of amides is 1. The van der Waals surface area contributed by atoms with Crippen LogP contribution in [0.4, 0.5) is 0 Å². The molecular formula is C20H25N3O3. The van der Waals surface area contributed by atoms with Gasteiger partial charge in [0.2, 0.25) is 0 Å². The highest BCUT2D eigenvalue weighted by atomic mass is 16.5. The van der Waals surface area contributed by atoms with Crippen LogP contribution in [0.15, 0.2) is 30.6 Å². The van der Waals surface area contributed by atoms with Gasteiger partial charge in [0, 0.05) is 31.0 Å². The van der Waals surface area contributed by atoms with Crippen molar-refractivity contribution >= 4 is 11.9 Å². The molecule has 0 spiro atoms. The van der Waals surface area contributed by atoms with Crippen LogP contribution >= 0.6 is 0 Å². The van der Waals surface area contributed by atoms with Gasteiger partial charge >= 0.3 is 5.97 Å². The standard InChI is InChI=1S/C20H25N3O3/c1-4-22-12-10-21-18(22)17-7-5-6-11-23(17)19(24)16-13-15(20(25)26-3)9-8-14(16)2/h8-10,12-13,17H,4-7,11H2,1-3H3. The number of hydrogen-bond donors (Lipinski definition) is 0. The van der Waals surface area contributed by atoms with E-state index in [0.717, 1.165) is 37.2 Å². The third kappa shape index (κ3) is 3.36. The molecular weight excluding hydrogens is 330 g/mol. The predicted molar refractivity (Wildman–Crippen MR) is 98.0 cm³/mol. The molecule has 0 saturated carbocycles. The number of imidazole rings is 1. The molecule has 2 heterocycles. The van der Waals surface area contributed by atoms with Crippen LogP contribution in [0.2, 0.25) is 0 Å². The van der Waals surface area contributed by atoms with Crippen LogP contribution in [-0.4, -0.2) is 40.0 Å². The Hall–Kier alpha value is -2.63. The molecule has 2 aromatic rings. The zero-order chi connectivity index (χ0) is 18.7. The third-order valence-corrected chi connectivity index (χ3v) is 5.04. The summed E-state index contributed by atoms with van der Waals surface area (Å²) >= 11 is 0. The van der Waals surface area contributed by atoms with Crippen molar-refractivity contribution in [1.82, 2.24) is 14.5 Å². The van der Waals surface area contributed by atoms with E-state index in [-0.39, 0.29) is 11.9 Å². The van der Waals surface area contributed by atoms with Gasteiger partial charge in [-0.2, -0.15) is 0 Å². The Morgan fingerprint density at radius 3 is 2.85 bits per heavy atom. The second kappa shape index (κ2) is 7.72. The quantitative estimate of drug-likeness (QED) is 0.789. The van der Waals surface area contributed by atoms with E-state index in [4.69, 9.17) is 4.74 Å². The molecule has 1 amide bonds. The number of hydrogen-bond acceptors (Lipinski definition) is 4. The summed E-state index contributed by atoms with van der Waals surface area (Å²) in [5, 5.41) is 0. The van der Waals surface area contributed by atoms with Crippen molar-refractivity contribution in [2.75, 3.05) is 13.7 Å². The zero-order valence-electron chi connectivity index (χ0n) is 15.6. The van der Waals surface area contributed by atoms with Gasteiger partial charge in [0.05, 0.1) is 18.7 Å². The average Bonchev–Trinajstić information content (AvgIpc) is 3.16. The normalized spacial score (nSPS) is 17.2. The van der Waals surface area contributed by atoms with Gasteiger partial charge in [-0.3, -0.25) is 4.79 Å². The van der Waals surface area contributed by atoms with Crippen LogP contribution in [-0.2, 0) is 11.3 Å². The van der Waals surface area contributed by atoms with E-state index in [0.29, 0.717) is 17.7 Å². The van der Waals surface area contributed by atoms with Crippen molar-refractivity contribution < 1.29 is 14.3 Å². The maximum absolute atomic E-state index is 13.3. The molecule has 1 unspecified atom stereocenters. The van der Waals surface area contributed by atoms with E-state index in [1.807, 2.05) is 18.0 Å². The SMILES string of the molecule is CCn1ccnc1C1CCCCN1C(=O)c1cc(C(=O)OC)ccc1C. The number of ether oxygens (including phenoxy) is 1. The number of aryl methyl sites for hydroxylation is 2. The number of methoxy groups -OCH3 is 1. The molecule has 3 rings (SSSR count). The summed E-state index contributed by atoms with van der Waals surface area (Å²) in [4.78, 5) is 31.6. The Balaban J connectivity index is 1.96. The van der Waals surface area contributed by atoms with E-state index in [1.54, 1.807) is 24.4 Å². The molecule has 1 aromatic carbocycles. The van der Waals surface area contributed by atoms with Crippen molar-refractivity contribution in [3.63, 3.8) is 0 Å². The lowest BCUT2D eigenvalue weighted by Crippen LogP contribution is -2.40. The first kappa shape index (κ1) is 18.2. The lowest BCUT2D eigenvalue weighted by atomic mass is 9.97. The highest BCUT2D eigenvalue weighted by Gasteiger charge is 2.32. The lowest BCUT2D eigenvalue weighted by molar-refractivity contribution is 0.0594. The number of likely N-dealkylation sites (tertiary alicyclic amines) is 1. The van der Waals surface area contributed by atoms with E-state index in [1.165, 1.54) is 7.11 Å². The number of carbonyl (C=O) groups excluding carboxylic acids is 2. The Kier molecular flexibility index (Phi) is 5.40. The van der Waals surface area contributed by atoms with Gasteiger partial charge in [-0.25, -0.2) is 9.78 Å². The summed E-state index contributed by atoms with van der Waals surface area (Å²) in [5.41, 5.74) is 1.80. The summed E-state index contributed by atoms with van der Waals surface area (Å²) in [5.74, 6) is 0.446. The minimum atomic E-state index is -0.434. The number of piperidine rings is 1. The molecule has 0 aliphatic carbocycles. The summed E-state index contributed by atoms with van der Waals surface area (Å²) in [6, 6.07) is 5.09. The van der Waals surface area contributed by atoms with Gasteiger partial charge in [0.1, 0.15) is 5.82 Å². The lowest BCUT2D eigenvalue weighted by Gasteiger charge is -2.36. The van der Waals surface area contributed by atoms with Crippen LogP contribution in [0.25, 0.3) is 0 Å². The van der Waals surface area contributed by atoms with Crippen molar-refractivity contribution in [2.45, 2.75) is 45.7 Å². The van der Waals surface area contributed by atoms with Gasteiger partial charge in [0.25, 0.3) is 5.91 Å².